The number of nitrogens with one attached hydrogen (secondary N) is 1. The fraction of sp³-hybridized carbons (Fsp3) is 0.286. The lowest BCUT2D eigenvalue weighted by molar-refractivity contribution is -0.147. The van der Waals surface area contributed by atoms with E-state index in [1.807, 2.05) is 30.3 Å². The first kappa shape index (κ1) is 18.6. The molecule has 6 nitrogen and oxygen atoms in total. The molecule has 1 N–H and O–H groups in total. The van der Waals surface area contributed by atoms with Gasteiger partial charge in [0.1, 0.15) is 12.6 Å². The molecule has 0 aromatic heterocycles. The summed E-state index contributed by atoms with van der Waals surface area (Å²) in [4.78, 5) is 37.6. The lowest BCUT2D eigenvalue weighted by atomic mass is 10.1. The molecule has 140 valence electrons. The second-order valence-corrected chi connectivity index (χ2v) is 6.42. The summed E-state index contributed by atoms with van der Waals surface area (Å²) in [6.07, 6.45) is 1.03. The van der Waals surface area contributed by atoms with Gasteiger partial charge in [0.25, 0.3) is 5.91 Å². The Morgan fingerprint density at radius 3 is 2.44 bits per heavy atom. The summed E-state index contributed by atoms with van der Waals surface area (Å²) in [5, 5.41) is 2.56. The van der Waals surface area contributed by atoms with Crippen molar-refractivity contribution in [2.24, 2.45) is 0 Å². The van der Waals surface area contributed by atoms with Crippen LogP contribution in [-0.4, -0.2) is 30.9 Å². The maximum atomic E-state index is 12.2. The van der Waals surface area contributed by atoms with Gasteiger partial charge in [0.05, 0.1) is 0 Å². The van der Waals surface area contributed by atoms with Gasteiger partial charge in [0.2, 0.25) is 5.91 Å². The van der Waals surface area contributed by atoms with Crippen LogP contribution in [0.4, 0.5) is 5.69 Å². The molecule has 0 spiro atoms. The second-order valence-electron chi connectivity index (χ2n) is 6.42. The van der Waals surface area contributed by atoms with Gasteiger partial charge in [-0.25, -0.2) is 0 Å². The number of anilines is 1. The van der Waals surface area contributed by atoms with Crippen molar-refractivity contribution in [3.05, 3.63) is 65.7 Å². The molecule has 1 atom stereocenters. The highest BCUT2D eigenvalue weighted by atomic mass is 16.5. The number of hydrogen-bond donors (Lipinski definition) is 1. The maximum absolute atomic E-state index is 12.2. The van der Waals surface area contributed by atoms with Crippen LogP contribution in [0.25, 0.3) is 0 Å². The van der Waals surface area contributed by atoms with E-state index >= 15 is 0 Å². The van der Waals surface area contributed by atoms with E-state index in [4.69, 9.17) is 4.74 Å². The van der Waals surface area contributed by atoms with Gasteiger partial charge in [0.15, 0.2) is 0 Å². The van der Waals surface area contributed by atoms with Gasteiger partial charge >= 0.3 is 5.97 Å². The zero-order valence-electron chi connectivity index (χ0n) is 15.2. The highest BCUT2D eigenvalue weighted by Crippen LogP contribution is 2.21. The number of nitrogens with zero attached hydrogens (tertiary/aromatic N) is 1. The predicted molar refractivity (Wildman–Crippen MR) is 101 cm³/mol. The predicted octanol–water partition coefficient (Wildman–Crippen LogP) is 2.85. The molecule has 1 aliphatic heterocycles. The molecule has 0 bridgehead atoms. The standard InChI is InChI=1S/C21H22N2O4/c1-15(16-6-3-2-4-7-16)27-20(25)14-22-21(26)17-9-11-18(12-10-17)23-13-5-8-19(23)24/h2-4,6-7,9-12,15H,5,8,13-14H2,1H3,(H,22,26)/t15-/m0/s1. The van der Waals surface area contributed by atoms with Gasteiger partial charge in [-0.3, -0.25) is 14.4 Å². The summed E-state index contributed by atoms with van der Waals surface area (Å²) in [7, 11) is 0. The van der Waals surface area contributed by atoms with E-state index < -0.39 is 5.97 Å². The van der Waals surface area contributed by atoms with E-state index in [0.29, 0.717) is 18.5 Å². The van der Waals surface area contributed by atoms with E-state index in [2.05, 4.69) is 5.32 Å². The number of benzene rings is 2. The molecule has 3 rings (SSSR count). The average molecular weight is 366 g/mol. The van der Waals surface area contributed by atoms with E-state index in [1.54, 1.807) is 36.1 Å². The number of rotatable bonds is 6. The van der Waals surface area contributed by atoms with E-state index in [-0.39, 0.29) is 24.5 Å². The van der Waals surface area contributed by atoms with Crippen LogP contribution in [0.15, 0.2) is 54.6 Å². The fourth-order valence-electron chi connectivity index (χ4n) is 3.00. The van der Waals surface area contributed by atoms with E-state index in [9.17, 15) is 14.4 Å². The molecular formula is C21H22N2O4. The largest absolute Gasteiger partial charge is 0.456 e. The maximum Gasteiger partial charge on any atom is 0.326 e. The molecule has 2 aromatic carbocycles. The SMILES string of the molecule is C[C@H](OC(=O)CNC(=O)c1ccc(N2CCCC2=O)cc1)c1ccccc1. The summed E-state index contributed by atoms with van der Waals surface area (Å²) in [6, 6.07) is 16.2. The van der Waals surface area contributed by atoms with Crippen molar-refractivity contribution in [1.29, 1.82) is 0 Å². The molecule has 2 amide bonds. The van der Waals surface area contributed by atoms with E-state index in [0.717, 1.165) is 17.7 Å². The molecule has 1 aliphatic rings. The van der Waals surface area contributed by atoms with Gasteiger partial charge in [-0.2, -0.15) is 0 Å². The van der Waals surface area contributed by atoms with Crippen LogP contribution in [0.2, 0.25) is 0 Å². The number of amides is 2. The molecule has 0 unspecified atom stereocenters. The van der Waals surface area contributed by atoms with Gasteiger partial charge in [-0.1, -0.05) is 30.3 Å². The third-order valence-electron chi connectivity index (χ3n) is 4.49. The molecule has 1 heterocycles. The third kappa shape index (κ3) is 4.73. The third-order valence-corrected chi connectivity index (χ3v) is 4.49. The number of carbonyl (C=O) groups excluding carboxylic acids is 3. The van der Waals surface area contributed by atoms with Gasteiger partial charge in [0, 0.05) is 24.2 Å². The van der Waals surface area contributed by atoms with Crippen LogP contribution < -0.4 is 10.2 Å². The number of hydrogen-bond acceptors (Lipinski definition) is 4. The van der Waals surface area contributed by atoms with Crippen molar-refractivity contribution in [3.8, 4) is 0 Å². The van der Waals surface area contributed by atoms with Crippen LogP contribution in [-0.2, 0) is 14.3 Å². The molecule has 0 aliphatic carbocycles. The highest BCUT2D eigenvalue weighted by molar-refractivity contribution is 5.98. The normalized spacial score (nSPS) is 14.7. The Morgan fingerprint density at radius 2 is 1.81 bits per heavy atom. The monoisotopic (exact) mass is 366 g/mol. The minimum atomic E-state index is -0.501. The van der Waals surface area contributed by atoms with Crippen molar-refractivity contribution in [2.75, 3.05) is 18.0 Å². The minimum absolute atomic E-state index is 0.0995. The summed E-state index contributed by atoms with van der Waals surface area (Å²) >= 11 is 0. The van der Waals surface area contributed by atoms with Crippen molar-refractivity contribution in [3.63, 3.8) is 0 Å². The molecule has 0 saturated carbocycles. The molecule has 1 fully saturated rings. The van der Waals surface area contributed by atoms with Crippen molar-refractivity contribution in [2.45, 2.75) is 25.9 Å². The Labute approximate surface area is 158 Å². The minimum Gasteiger partial charge on any atom is -0.456 e. The van der Waals surface area contributed by atoms with Crippen LogP contribution in [0, 0.1) is 0 Å². The first-order valence-corrected chi connectivity index (χ1v) is 8.97. The number of ether oxygens (including phenoxy) is 1. The number of carbonyl (C=O) groups is 3. The summed E-state index contributed by atoms with van der Waals surface area (Å²) in [5.41, 5.74) is 2.10. The summed E-state index contributed by atoms with van der Waals surface area (Å²) in [5.74, 6) is -0.764. The Bertz CT molecular complexity index is 818. The van der Waals surface area contributed by atoms with Crippen LogP contribution in [0.5, 0.6) is 0 Å². The van der Waals surface area contributed by atoms with Crippen molar-refractivity contribution >= 4 is 23.5 Å². The van der Waals surface area contributed by atoms with Crippen LogP contribution >= 0.6 is 0 Å². The smallest absolute Gasteiger partial charge is 0.326 e. The van der Waals surface area contributed by atoms with Gasteiger partial charge in [-0.05, 0) is 43.2 Å². The first-order valence-electron chi connectivity index (χ1n) is 8.97. The second kappa shape index (κ2) is 8.49. The fourth-order valence-corrected chi connectivity index (χ4v) is 3.00. The Balaban J connectivity index is 1.50. The topological polar surface area (TPSA) is 75.7 Å². The Kier molecular flexibility index (Phi) is 5.86. The van der Waals surface area contributed by atoms with Crippen molar-refractivity contribution < 1.29 is 19.1 Å². The molecule has 1 saturated heterocycles. The lowest BCUT2D eigenvalue weighted by Crippen LogP contribution is -2.31. The average Bonchev–Trinajstić information content (AvgIpc) is 3.13. The Hall–Kier alpha value is -3.15. The van der Waals surface area contributed by atoms with Crippen molar-refractivity contribution in [1.82, 2.24) is 5.32 Å². The van der Waals surface area contributed by atoms with Crippen LogP contribution in [0.1, 0.15) is 41.8 Å². The van der Waals surface area contributed by atoms with Crippen LogP contribution in [0.3, 0.4) is 0 Å². The zero-order chi connectivity index (χ0) is 19.2. The van der Waals surface area contributed by atoms with Gasteiger partial charge < -0.3 is 15.0 Å². The number of esters is 1. The first-order chi connectivity index (χ1) is 13.0. The van der Waals surface area contributed by atoms with Gasteiger partial charge in [-0.15, -0.1) is 0 Å². The highest BCUT2D eigenvalue weighted by Gasteiger charge is 2.21. The lowest BCUT2D eigenvalue weighted by Gasteiger charge is -2.16. The Morgan fingerprint density at radius 1 is 1.11 bits per heavy atom. The zero-order valence-corrected chi connectivity index (χ0v) is 15.2. The van der Waals surface area contributed by atoms with E-state index in [1.165, 1.54) is 0 Å². The quantitative estimate of drug-likeness (QED) is 0.798. The summed E-state index contributed by atoms with van der Waals surface area (Å²) < 4.78 is 5.32. The molecule has 6 heteroatoms. The summed E-state index contributed by atoms with van der Waals surface area (Å²) in [6.45, 7) is 2.28. The molecule has 27 heavy (non-hydrogen) atoms. The molecular weight excluding hydrogens is 344 g/mol. The molecule has 0 radical (unpaired) electrons. The molecule has 2 aromatic rings.